The van der Waals surface area contributed by atoms with Crippen molar-refractivity contribution in [3.63, 3.8) is 0 Å². The van der Waals surface area contributed by atoms with E-state index in [0.717, 1.165) is 53.5 Å². The summed E-state index contributed by atoms with van der Waals surface area (Å²) in [5, 5.41) is 7.54. The van der Waals surface area contributed by atoms with Gasteiger partial charge < -0.3 is 20.0 Å². The number of nitrogens with zero attached hydrogens (tertiary/aromatic N) is 4. The van der Waals surface area contributed by atoms with E-state index in [2.05, 4.69) is 49.8 Å². The fourth-order valence-electron chi connectivity index (χ4n) is 4.43. The number of nitrogens with one attached hydrogen (secondary N) is 3. The molecule has 1 amide bonds. The Morgan fingerprint density at radius 2 is 2.10 bits per heavy atom. The van der Waals surface area contributed by atoms with E-state index in [9.17, 15) is 4.79 Å². The van der Waals surface area contributed by atoms with E-state index in [-0.39, 0.29) is 11.4 Å². The number of amides is 1. The van der Waals surface area contributed by atoms with Gasteiger partial charge in [-0.05, 0) is 44.7 Å². The van der Waals surface area contributed by atoms with Gasteiger partial charge in [-0.25, -0.2) is 9.97 Å². The first kappa shape index (κ1) is 18.6. The molecule has 0 saturated heterocycles. The summed E-state index contributed by atoms with van der Waals surface area (Å²) >= 11 is 0. The number of carbonyl (C=O) groups excluding carboxylic acids is 1. The second-order valence-electron chi connectivity index (χ2n) is 8.43. The van der Waals surface area contributed by atoms with E-state index in [0.29, 0.717) is 12.0 Å². The van der Waals surface area contributed by atoms with Crippen LogP contribution in [0.3, 0.4) is 0 Å². The first-order valence-electron chi connectivity index (χ1n) is 10.3. The molecule has 0 radical (unpaired) electrons. The summed E-state index contributed by atoms with van der Waals surface area (Å²) in [7, 11) is 0. The van der Waals surface area contributed by atoms with Crippen molar-refractivity contribution in [2.75, 3.05) is 5.32 Å². The topological polar surface area (TPSA) is 100 Å². The van der Waals surface area contributed by atoms with Crippen molar-refractivity contribution >= 4 is 28.5 Å². The van der Waals surface area contributed by atoms with E-state index < -0.39 is 0 Å². The fourth-order valence-corrected chi connectivity index (χ4v) is 4.43. The number of imidazole rings is 1. The minimum atomic E-state index is -0.112. The summed E-state index contributed by atoms with van der Waals surface area (Å²) < 4.78 is 2.00. The van der Waals surface area contributed by atoms with Crippen LogP contribution in [0.1, 0.15) is 39.5 Å². The monoisotopic (exact) mass is 403 g/mol. The van der Waals surface area contributed by atoms with Crippen LogP contribution < -0.4 is 10.6 Å². The molecule has 8 heteroatoms. The van der Waals surface area contributed by atoms with E-state index >= 15 is 0 Å². The molecule has 0 aromatic carbocycles. The SMILES string of the molecule is CC(=O)NC1(C)CCC(Nc2ncc3c(-c4ccc5nccn5c4)c[nH]c3n2)CC1. The van der Waals surface area contributed by atoms with Gasteiger partial charge in [0.1, 0.15) is 11.3 Å². The standard InChI is InChI=1S/C22H25N7O/c1-14(30)28-22(2)7-5-16(6-8-22)26-21-25-12-18-17(11-24-20(18)27-21)15-3-4-19-23-9-10-29(19)13-15/h3-4,9-13,16H,5-8H2,1-2H3,(H,28,30)(H2,24,25,26,27). The van der Waals surface area contributed by atoms with E-state index in [1.807, 2.05) is 29.1 Å². The summed E-state index contributed by atoms with van der Waals surface area (Å²) in [6.07, 6.45) is 13.5. The predicted molar refractivity (Wildman–Crippen MR) is 116 cm³/mol. The highest BCUT2D eigenvalue weighted by molar-refractivity contribution is 5.93. The third kappa shape index (κ3) is 3.49. The van der Waals surface area contributed by atoms with Crippen LogP contribution in [0.25, 0.3) is 27.8 Å². The van der Waals surface area contributed by atoms with E-state index in [4.69, 9.17) is 0 Å². The molecular formula is C22H25N7O. The number of fused-ring (bicyclic) bond motifs is 2. The minimum Gasteiger partial charge on any atom is -0.351 e. The maximum Gasteiger partial charge on any atom is 0.224 e. The number of aromatic nitrogens is 5. The number of hydrogen-bond donors (Lipinski definition) is 3. The molecule has 8 nitrogen and oxygen atoms in total. The molecular weight excluding hydrogens is 378 g/mol. The predicted octanol–water partition coefficient (Wildman–Crippen LogP) is 3.52. The Hall–Kier alpha value is -3.42. The lowest BCUT2D eigenvalue weighted by atomic mass is 9.81. The number of hydrogen-bond acceptors (Lipinski definition) is 5. The zero-order chi connectivity index (χ0) is 20.7. The average molecular weight is 403 g/mol. The zero-order valence-electron chi connectivity index (χ0n) is 17.1. The molecule has 0 spiro atoms. The van der Waals surface area contributed by atoms with Gasteiger partial charge in [0.15, 0.2) is 0 Å². The Morgan fingerprint density at radius 1 is 1.27 bits per heavy atom. The first-order chi connectivity index (χ1) is 14.5. The van der Waals surface area contributed by atoms with Crippen molar-refractivity contribution in [1.82, 2.24) is 29.7 Å². The molecule has 154 valence electrons. The quantitative estimate of drug-likeness (QED) is 0.484. The Balaban J connectivity index is 1.32. The number of pyridine rings is 1. The van der Waals surface area contributed by atoms with E-state index in [1.54, 1.807) is 13.1 Å². The van der Waals surface area contributed by atoms with Crippen LogP contribution >= 0.6 is 0 Å². The number of carbonyl (C=O) groups is 1. The van der Waals surface area contributed by atoms with Crippen molar-refractivity contribution in [2.24, 2.45) is 0 Å². The Bertz CT molecular complexity index is 1220. The van der Waals surface area contributed by atoms with E-state index in [1.165, 1.54) is 0 Å². The molecule has 3 N–H and O–H groups in total. The third-order valence-corrected chi connectivity index (χ3v) is 6.03. The summed E-state index contributed by atoms with van der Waals surface area (Å²) in [6, 6.07) is 4.37. The van der Waals surface area contributed by atoms with Gasteiger partial charge in [-0.15, -0.1) is 0 Å². The van der Waals surface area contributed by atoms with Crippen LogP contribution in [0.5, 0.6) is 0 Å². The van der Waals surface area contributed by atoms with Crippen LogP contribution in [0.4, 0.5) is 5.95 Å². The Labute approximate surface area is 174 Å². The number of aromatic amines is 1. The number of rotatable bonds is 4. The molecule has 5 rings (SSSR count). The van der Waals surface area contributed by atoms with Crippen molar-refractivity contribution < 1.29 is 4.79 Å². The van der Waals surface area contributed by atoms with Gasteiger partial charge >= 0.3 is 0 Å². The minimum absolute atomic E-state index is 0.0347. The lowest BCUT2D eigenvalue weighted by Crippen LogP contribution is -2.49. The first-order valence-corrected chi connectivity index (χ1v) is 10.3. The lowest BCUT2D eigenvalue weighted by Gasteiger charge is -2.38. The number of H-pyrrole nitrogens is 1. The molecule has 0 bridgehead atoms. The zero-order valence-corrected chi connectivity index (χ0v) is 17.1. The van der Waals surface area contributed by atoms with Gasteiger partial charge in [-0.1, -0.05) is 0 Å². The molecule has 0 aliphatic heterocycles. The van der Waals surface area contributed by atoms with Gasteiger partial charge in [0.25, 0.3) is 0 Å². The maximum atomic E-state index is 11.4. The molecule has 4 aromatic rings. The normalized spacial score (nSPS) is 21.7. The molecule has 1 fully saturated rings. The van der Waals surface area contributed by atoms with Gasteiger partial charge in [0.05, 0.1) is 0 Å². The second kappa shape index (κ2) is 7.12. The van der Waals surface area contributed by atoms with Gasteiger partial charge in [0, 0.05) is 66.0 Å². The van der Waals surface area contributed by atoms with Crippen LogP contribution in [-0.4, -0.2) is 41.8 Å². The van der Waals surface area contributed by atoms with Crippen LogP contribution in [0.15, 0.2) is 43.1 Å². The molecule has 4 aromatic heterocycles. The molecule has 1 saturated carbocycles. The lowest BCUT2D eigenvalue weighted by molar-refractivity contribution is -0.121. The number of anilines is 1. The van der Waals surface area contributed by atoms with Crippen molar-refractivity contribution in [2.45, 2.75) is 51.1 Å². The molecule has 0 atom stereocenters. The van der Waals surface area contributed by atoms with Crippen LogP contribution in [-0.2, 0) is 4.79 Å². The van der Waals surface area contributed by atoms with Gasteiger partial charge in [0.2, 0.25) is 11.9 Å². The highest BCUT2D eigenvalue weighted by atomic mass is 16.1. The Kier molecular flexibility index (Phi) is 4.42. The highest BCUT2D eigenvalue weighted by Crippen LogP contribution is 2.31. The highest BCUT2D eigenvalue weighted by Gasteiger charge is 2.31. The molecule has 0 unspecified atom stereocenters. The van der Waals surface area contributed by atoms with Crippen molar-refractivity contribution in [1.29, 1.82) is 0 Å². The molecule has 1 aliphatic rings. The van der Waals surface area contributed by atoms with Crippen LogP contribution in [0, 0.1) is 0 Å². The molecule has 30 heavy (non-hydrogen) atoms. The molecule has 1 aliphatic carbocycles. The summed E-state index contributed by atoms with van der Waals surface area (Å²) in [6.45, 7) is 3.70. The average Bonchev–Trinajstić information content (AvgIpc) is 3.35. The van der Waals surface area contributed by atoms with Gasteiger partial charge in [-0.2, -0.15) is 4.98 Å². The fraction of sp³-hybridized carbons (Fsp3) is 0.364. The smallest absolute Gasteiger partial charge is 0.224 e. The summed E-state index contributed by atoms with van der Waals surface area (Å²) in [5.74, 6) is 0.668. The van der Waals surface area contributed by atoms with Crippen molar-refractivity contribution in [3.8, 4) is 11.1 Å². The van der Waals surface area contributed by atoms with Crippen LogP contribution in [0.2, 0.25) is 0 Å². The van der Waals surface area contributed by atoms with Crippen molar-refractivity contribution in [3.05, 3.63) is 43.1 Å². The Morgan fingerprint density at radius 3 is 2.90 bits per heavy atom. The van der Waals surface area contributed by atoms with Gasteiger partial charge in [-0.3, -0.25) is 4.79 Å². The maximum absolute atomic E-state index is 11.4. The molecule has 4 heterocycles. The summed E-state index contributed by atoms with van der Waals surface area (Å²) in [5.41, 5.74) is 3.77. The third-order valence-electron chi connectivity index (χ3n) is 6.03. The largest absolute Gasteiger partial charge is 0.351 e. The second-order valence-corrected chi connectivity index (χ2v) is 8.43. The summed E-state index contributed by atoms with van der Waals surface area (Å²) in [4.78, 5) is 28.2.